The standard InChI is InChI=1S/C9H11N3O/c1-13-6-2-3-7-8(4-6)11-12-9(7)5-10/h2-4H,5,10H2,1H3,(H,11,12). The van der Waals surface area contributed by atoms with E-state index in [0.717, 1.165) is 22.3 Å². The predicted octanol–water partition coefficient (Wildman–Crippen LogP) is 1.03. The van der Waals surface area contributed by atoms with E-state index >= 15 is 0 Å². The van der Waals surface area contributed by atoms with Crippen LogP contribution in [0.15, 0.2) is 18.2 Å². The third kappa shape index (κ3) is 1.25. The van der Waals surface area contributed by atoms with Gasteiger partial charge < -0.3 is 10.5 Å². The molecule has 1 heterocycles. The van der Waals surface area contributed by atoms with E-state index in [1.165, 1.54) is 0 Å². The Morgan fingerprint density at radius 3 is 3.08 bits per heavy atom. The van der Waals surface area contributed by atoms with Gasteiger partial charge >= 0.3 is 0 Å². The van der Waals surface area contributed by atoms with Crippen LogP contribution in [0.1, 0.15) is 5.69 Å². The molecule has 0 bridgehead atoms. The lowest BCUT2D eigenvalue weighted by atomic mass is 10.2. The topological polar surface area (TPSA) is 63.9 Å². The van der Waals surface area contributed by atoms with Crippen LogP contribution in [0.4, 0.5) is 0 Å². The maximum Gasteiger partial charge on any atom is 0.121 e. The highest BCUT2D eigenvalue weighted by atomic mass is 16.5. The van der Waals surface area contributed by atoms with Gasteiger partial charge in [0.2, 0.25) is 0 Å². The molecule has 2 aromatic rings. The number of fused-ring (bicyclic) bond motifs is 1. The minimum Gasteiger partial charge on any atom is -0.497 e. The van der Waals surface area contributed by atoms with Gasteiger partial charge in [-0.1, -0.05) is 0 Å². The van der Waals surface area contributed by atoms with Gasteiger partial charge in [-0.15, -0.1) is 0 Å². The lowest BCUT2D eigenvalue weighted by molar-refractivity contribution is 0.415. The Bertz CT molecular complexity index is 422. The molecule has 0 atom stereocenters. The summed E-state index contributed by atoms with van der Waals surface area (Å²) in [6.45, 7) is 0.475. The van der Waals surface area contributed by atoms with Gasteiger partial charge in [-0.25, -0.2) is 0 Å². The summed E-state index contributed by atoms with van der Waals surface area (Å²) in [5.74, 6) is 0.808. The number of rotatable bonds is 2. The fraction of sp³-hybridized carbons (Fsp3) is 0.222. The van der Waals surface area contributed by atoms with Gasteiger partial charge in [0, 0.05) is 18.0 Å². The van der Waals surface area contributed by atoms with Crippen molar-refractivity contribution in [1.82, 2.24) is 10.2 Å². The van der Waals surface area contributed by atoms with Crippen LogP contribution in [0.5, 0.6) is 5.75 Å². The SMILES string of the molecule is COc1ccc2c(CN)[nH]nc2c1. The second kappa shape index (κ2) is 3.06. The predicted molar refractivity (Wildman–Crippen MR) is 50.5 cm³/mol. The number of hydrogen-bond acceptors (Lipinski definition) is 3. The quantitative estimate of drug-likeness (QED) is 0.720. The van der Waals surface area contributed by atoms with Crippen LogP contribution >= 0.6 is 0 Å². The van der Waals surface area contributed by atoms with E-state index in [1.54, 1.807) is 7.11 Å². The van der Waals surface area contributed by atoms with Gasteiger partial charge in [0.05, 0.1) is 18.3 Å². The Morgan fingerprint density at radius 2 is 2.38 bits per heavy atom. The molecule has 0 aliphatic carbocycles. The Labute approximate surface area is 75.7 Å². The Balaban J connectivity index is 2.61. The first-order chi connectivity index (χ1) is 6.35. The van der Waals surface area contributed by atoms with Crippen LogP contribution in [0.3, 0.4) is 0 Å². The van der Waals surface area contributed by atoms with Crippen LogP contribution in [-0.2, 0) is 6.54 Å². The summed E-state index contributed by atoms with van der Waals surface area (Å²) in [5, 5.41) is 8.06. The third-order valence-electron chi connectivity index (χ3n) is 2.05. The number of nitrogens with two attached hydrogens (primary N) is 1. The van der Waals surface area contributed by atoms with E-state index in [0.29, 0.717) is 6.54 Å². The number of aromatic amines is 1. The van der Waals surface area contributed by atoms with Gasteiger partial charge in [-0.3, -0.25) is 5.10 Å². The zero-order chi connectivity index (χ0) is 9.26. The molecule has 0 fully saturated rings. The molecule has 2 rings (SSSR count). The number of H-pyrrole nitrogens is 1. The Morgan fingerprint density at radius 1 is 1.54 bits per heavy atom. The van der Waals surface area contributed by atoms with Crippen molar-refractivity contribution in [3.8, 4) is 5.75 Å². The molecule has 0 unspecified atom stereocenters. The second-order valence-electron chi connectivity index (χ2n) is 2.79. The Hall–Kier alpha value is -1.55. The fourth-order valence-corrected chi connectivity index (χ4v) is 1.33. The van der Waals surface area contributed by atoms with Crippen LogP contribution in [0.25, 0.3) is 10.9 Å². The first-order valence-corrected chi connectivity index (χ1v) is 4.06. The van der Waals surface area contributed by atoms with E-state index in [2.05, 4.69) is 10.2 Å². The minimum absolute atomic E-state index is 0.475. The zero-order valence-corrected chi connectivity index (χ0v) is 7.37. The summed E-state index contributed by atoms with van der Waals surface area (Å²) < 4.78 is 5.08. The lowest BCUT2D eigenvalue weighted by Gasteiger charge is -1.97. The van der Waals surface area contributed by atoms with Crippen molar-refractivity contribution < 1.29 is 4.74 Å². The number of methoxy groups -OCH3 is 1. The van der Waals surface area contributed by atoms with Gasteiger partial charge in [0.1, 0.15) is 5.75 Å². The van der Waals surface area contributed by atoms with Crippen LogP contribution in [-0.4, -0.2) is 17.3 Å². The van der Waals surface area contributed by atoms with Crippen LogP contribution in [0, 0.1) is 0 Å². The summed E-state index contributed by atoms with van der Waals surface area (Å²) in [7, 11) is 1.64. The summed E-state index contributed by atoms with van der Waals surface area (Å²) in [6.07, 6.45) is 0. The minimum atomic E-state index is 0.475. The molecular weight excluding hydrogens is 166 g/mol. The molecule has 0 saturated carbocycles. The van der Waals surface area contributed by atoms with E-state index in [-0.39, 0.29) is 0 Å². The summed E-state index contributed by atoms with van der Waals surface area (Å²) >= 11 is 0. The van der Waals surface area contributed by atoms with Gasteiger partial charge in [0.15, 0.2) is 0 Å². The van der Waals surface area contributed by atoms with Crippen molar-refractivity contribution in [1.29, 1.82) is 0 Å². The van der Waals surface area contributed by atoms with Crippen LogP contribution < -0.4 is 10.5 Å². The molecule has 4 heteroatoms. The molecule has 4 nitrogen and oxygen atoms in total. The van der Waals surface area contributed by atoms with Crippen molar-refractivity contribution in [3.63, 3.8) is 0 Å². The molecule has 0 amide bonds. The number of hydrogen-bond donors (Lipinski definition) is 2. The highest BCUT2D eigenvalue weighted by molar-refractivity contribution is 5.82. The number of ether oxygens (including phenoxy) is 1. The van der Waals surface area contributed by atoms with Crippen molar-refractivity contribution in [2.75, 3.05) is 7.11 Å². The molecule has 68 valence electrons. The average Bonchev–Trinajstić information content (AvgIpc) is 2.59. The maximum atomic E-state index is 5.53. The molecule has 3 N–H and O–H groups in total. The second-order valence-corrected chi connectivity index (χ2v) is 2.79. The lowest BCUT2D eigenvalue weighted by Crippen LogP contribution is -1.96. The largest absolute Gasteiger partial charge is 0.497 e. The van der Waals surface area contributed by atoms with E-state index in [1.807, 2.05) is 18.2 Å². The summed E-state index contributed by atoms with van der Waals surface area (Å²) in [4.78, 5) is 0. The maximum absolute atomic E-state index is 5.53. The summed E-state index contributed by atoms with van der Waals surface area (Å²) in [5.41, 5.74) is 7.37. The fourth-order valence-electron chi connectivity index (χ4n) is 1.33. The van der Waals surface area contributed by atoms with Crippen molar-refractivity contribution in [3.05, 3.63) is 23.9 Å². The van der Waals surface area contributed by atoms with Crippen molar-refractivity contribution >= 4 is 10.9 Å². The zero-order valence-electron chi connectivity index (χ0n) is 7.37. The first kappa shape index (κ1) is 8.07. The number of nitrogens with one attached hydrogen (secondary N) is 1. The van der Waals surface area contributed by atoms with Gasteiger partial charge in [0.25, 0.3) is 0 Å². The van der Waals surface area contributed by atoms with Crippen LogP contribution in [0.2, 0.25) is 0 Å². The molecule has 0 radical (unpaired) electrons. The molecule has 1 aromatic carbocycles. The molecule has 0 aliphatic heterocycles. The first-order valence-electron chi connectivity index (χ1n) is 4.06. The van der Waals surface area contributed by atoms with Crippen molar-refractivity contribution in [2.45, 2.75) is 6.54 Å². The molecule has 0 saturated heterocycles. The smallest absolute Gasteiger partial charge is 0.121 e. The molecule has 0 spiro atoms. The third-order valence-corrected chi connectivity index (χ3v) is 2.05. The monoisotopic (exact) mass is 177 g/mol. The van der Waals surface area contributed by atoms with E-state index in [4.69, 9.17) is 10.5 Å². The molecule has 13 heavy (non-hydrogen) atoms. The number of nitrogens with zero attached hydrogens (tertiary/aromatic N) is 1. The van der Waals surface area contributed by atoms with E-state index < -0.39 is 0 Å². The van der Waals surface area contributed by atoms with Gasteiger partial charge in [-0.05, 0) is 12.1 Å². The average molecular weight is 177 g/mol. The number of benzene rings is 1. The van der Waals surface area contributed by atoms with Gasteiger partial charge in [-0.2, -0.15) is 5.10 Å². The normalized spacial score (nSPS) is 10.6. The van der Waals surface area contributed by atoms with Crippen molar-refractivity contribution in [2.24, 2.45) is 5.73 Å². The highest BCUT2D eigenvalue weighted by Gasteiger charge is 2.03. The molecule has 0 aliphatic rings. The highest BCUT2D eigenvalue weighted by Crippen LogP contribution is 2.20. The molecular formula is C9H11N3O. The Kier molecular flexibility index (Phi) is 1.90. The van der Waals surface area contributed by atoms with E-state index in [9.17, 15) is 0 Å². The number of aromatic nitrogens is 2. The molecule has 1 aromatic heterocycles. The summed E-state index contributed by atoms with van der Waals surface area (Å²) in [6, 6.07) is 5.74.